The normalized spacial score (nSPS) is 19.8. The Morgan fingerprint density at radius 2 is 1.90 bits per heavy atom. The summed E-state index contributed by atoms with van der Waals surface area (Å²) in [5, 5.41) is 3.01. The van der Waals surface area contributed by atoms with Crippen molar-refractivity contribution in [2.75, 3.05) is 13.1 Å². The summed E-state index contributed by atoms with van der Waals surface area (Å²) in [6.45, 7) is 5.21. The third-order valence-corrected chi connectivity index (χ3v) is 6.03. The summed E-state index contributed by atoms with van der Waals surface area (Å²) in [5.74, 6) is 1.03. The number of fused-ring (bicyclic) bond motifs is 1. The van der Waals surface area contributed by atoms with Gasteiger partial charge in [0.2, 0.25) is 5.91 Å². The van der Waals surface area contributed by atoms with Crippen LogP contribution in [0.5, 0.6) is 5.75 Å². The van der Waals surface area contributed by atoms with Gasteiger partial charge < -0.3 is 15.0 Å². The maximum Gasteiger partial charge on any atom is 0.272 e. The van der Waals surface area contributed by atoms with Gasteiger partial charge in [0.05, 0.1) is 0 Å². The lowest BCUT2D eigenvalue weighted by Crippen LogP contribution is -2.52. The van der Waals surface area contributed by atoms with Gasteiger partial charge in [-0.3, -0.25) is 14.6 Å². The van der Waals surface area contributed by atoms with Crippen molar-refractivity contribution in [2.45, 2.75) is 57.1 Å². The Bertz CT molecular complexity index is 905. The van der Waals surface area contributed by atoms with Crippen LogP contribution in [0.1, 0.15) is 61.5 Å². The molecule has 1 fully saturated rings. The number of rotatable bonds is 4. The van der Waals surface area contributed by atoms with E-state index in [1.54, 1.807) is 12.3 Å². The molecular weight excluding hydrogens is 378 g/mol. The highest BCUT2D eigenvalue weighted by atomic mass is 16.5. The molecule has 0 bridgehead atoms. The monoisotopic (exact) mass is 407 g/mol. The van der Waals surface area contributed by atoms with Crippen LogP contribution in [-0.4, -0.2) is 46.4 Å². The van der Waals surface area contributed by atoms with E-state index in [1.165, 1.54) is 0 Å². The number of likely N-dealkylation sites (tertiary alicyclic amines) is 1. The number of benzene rings is 1. The van der Waals surface area contributed by atoms with Crippen LogP contribution in [0.15, 0.2) is 48.7 Å². The molecule has 2 aliphatic rings. The lowest BCUT2D eigenvalue weighted by atomic mass is 9.76. The molecule has 158 valence electrons. The number of para-hydroxylation sites is 1. The quantitative estimate of drug-likeness (QED) is 0.842. The third kappa shape index (κ3) is 4.32. The highest BCUT2D eigenvalue weighted by molar-refractivity contribution is 5.92. The van der Waals surface area contributed by atoms with Gasteiger partial charge >= 0.3 is 0 Å². The lowest BCUT2D eigenvalue weighted by molar-refractivity contribution is -0.122. The highest BCUT2D eigenvalue weighted by Gasteiger charge is 2.44. The second-order valence-corrected chi connectivity index (χ2v) is 8.66. The predicted octanol–water partition coefficient (Wildman–Crippen LogP) is 3.54. The lowest BCUT2D eigenvalue weighted by Gasteiger charge is -2.46. The molecule has 1 spiro atoms. The Hall–Kier alpha value is -2.89. The summed E-state index contributed by atoms with van der Waals surface area (Å²) < 4.78 is 6.50. The van der Waals surface area contributed by atoms with Gasteiger partial charge in [-0.05, 0) is 44.0 Å². The third-order valence-electron chi connectivity index (χ3n) is 6.03. The van der Waals surface area contributed by atoms with Crippen molar-refractivity contribution >= 4 is 11.8 Å². The molecule has 0 radical (unpaired) electrons. The number of hydrogen-bond donors (Lipinski definition) is 1. The number of nitrogens with one attached hydrogen (secondary N) is 1. The minimum Gasteiger partial charge on any atom is -0.487 e. The standard InChI is InChI=1S/C24H29N3O3/c1-17(2)26-22(28)15-18-16-24(30-21-9-4-3-7-19(18)21)10-13-27(14-11-24)23(29)20-8-5-6-12-25-20/h3-9,12,17-18H,10-11,13-16H2,1-2H3,(H,26,28)/t18-/m1/s1. The molecule has 30 heavy (non-hydrogen) atoms. The molecule has 6 heteroatoms. The van der Waals surface area contributed by atoms with E-state index in [0.717, 1.165) is 30.6 Å². The average molecular weight is 408 g/mol. The van der Waals surface area contributed by atoms with Gasteiger partial charge in [0.1, 0.15) is 17.0 Å². The van der Waals surface area contributed by atoms with E-state index in [-0.39, 0.29) is 29.4 Å². The van der Waals surface area contributed by atoms with E-state index in [2.05, 4.69) is 16.4 Å². The van der Waals surface area contributed by atoms with Gasteiger partial charge in [-0.1, -0.05) is 24.3 Å². The molecule has 0 saturated carbocycles. The Morgan fingerprint density at radius 1 is 1.17 bits per heavy atom. The number of pyridine rings is 1. The van der Waals surface area contributed by atoms with E-state index in [9.17, 15) is 9.59 Å². The summed E-state index contributed by atoms with van der Waals surface area (Å²) in [7, 11) is 0. The number of carbonyl (C=O) groups is 2. The van der Waals surface area contributed by atoms with E-state index >= 15 is 0 Å². The number of aromatic nitrogens is 1. The van der Waals surface area contributed by atoms with Crippen LogP contribution < -0.4 is 10.1 Å². The number of nitrogens with zero attached hydrogens (tertiary/aromatic N) is 2. The maximum atomic E-state index is 12.8. The first kappa shape index (κ1) is 20.4. The molecule has 2 aromatic rings. The maximum absolute atomic E-state index is 12.8. The summed E-state index contributed by atoms with van der Waals surface area (Å²) >= 11 is 0. The van der Waals surface area contributed by atoms with Crippen molar-refractivity contribution in [2.24, 2.45) is 0 Å². The molecule has 1 aromatic heterocycles. The fraction of sp³-hybridized carbons (Fsp3) is 0.458. The summed E-state index contributed by atoms with van der Waals surface area (Å²) in [5.41, 5.74) is 1.25. The van der Waals surface area contributed by atoms with Crippen molar-refractivity contribution in [3.8, 4) is 5.75 Å². The van der Waals surface area contributed by atoms with Crippen molar-refractivity contribution in [1.29, 1.82) is 0 Å². The SMILES string of the molecule is CC(C)NC(=O)C[C@@H]1CC2(CCN(C(=O)c3ccccn3)CC2)Oc2ccccc21. The molecule has 1 N–H and O–H groups in total. The van der Waals surface area contributed by atoms with E-state index < -0.39 is 0 Å². The second kappa shape index (κ2) is 8.46. The first-order chi connectivity index (χ1) is 14.5. The molecule has 4 rings (SSSR count). The molecular formula is C24H29N3O3. The first-order valence-corrected chi connectivity index (χ1v) is 10.7. The van der Waals surface area contributed by atoms with Crippen LogP contribution >= 0.6 is 0 Å². The Kier molecular flexibility index (Phi) is 5.75. The summed E-state index contributed by atoms with van der Waals surface area (Å²) in [6, 6.07) is 13.6. The fourth-order valence-corrected chi connectivity index (χ4v) is 4.61. The van der Waals surface area contributed by atoms with Crippen molar-refractivity contribution in [3.63, 3.8) is 0 Å². The van der Waals surface area contributed by atoms with Crippen LogP contribution in [0.25, 0.3) is 0 Å². The smallest absolute Gasteiger partial charge is 0.272 e. The van der Waals surface area contributed by atoms with Gasteiger partial charge in [-0.15, -0.1) is 0 Å². The molecule has 3 heterocycles. The minimum absolute atomic E-state index is 0.0329. The molecule has 0 unspecified atom stereocenters. The zero-order valence-corrected chi connectivity index (χ0v) is 17.6. The Morgan fingerprint density at radius 3 is 2.60 bits per heavy atom. The molecule has 0 aliphatic carbocycles. The number of hydrogen-bond acceptors (Lipinski definition) is 4. The fourth-order valence-electron chi connectivity index (χ4n) is 4.61. The van der Waals surface area contributed by atoms with Gasteiger partial charge in [0.25, 0.3) is 5.91 Å². The molecule has 2 amide bonds. The zero-order chi connectivity index (χ0) is 21.1. The predicted molar refractivity (Wildman–Crippen MR) is 114 cm³/mol. The average Bonchev–Trinajstić information content (AvgIpc) is 2.74. The van der Waals surface area contributed by atoms with Crippen LogP contribution in [0.4, 0.5) is 0 Å². The largest absolute Gasteiger partial charge is 0.487 e. The molecule has 1 aromatic carbocycles. The van der Waals surface area contributed by atoms with Gasteiger partial charge in [0.15, 0.2) is 0 Å². The zero-order valence-electron chi connectivity index (χ0n) is 17.6. The van der Waals surface area contributed by atoms with Gasteiger partial charge in [0, 0.05) is 50.5 Å². The van der Waals surface area contributed by atoms with Crippen LogP contribution in [-0.2, 0) is 4.79 Å². The van der Waals surface area contributed by atoms with E-state index in [0.29, 0.717) is 25.2 Å². The van der Waals surface area contributed by atoms with E-state index in [4.69, 9.17) is 4.74 Å². The number of piperidine rings is 1. The second-order valence-electron chi connectivity index (χ2n) is 8.66. The Labute approximate surface area is 177 Å². The summed E-state index contributed by atoms with van der Waals surface area (Å²) in [4.78, 5) is 31.3. The highest BCUT2D eigenvalue weighted by Crippen LogP contribution is 2.46. The van der Waals surface area contributed by atoms with Crippen LogP contribution in [0, 0.1) is 0 Å². The topological polar surface area (TPSA) is 71.5 Å². The minimum atomic E-state index is -0.335. The van der Waals surface area contributed by atoms with Crippen molar-refractivity contribution in [1.82, 2.24) is 15.2 Å². The number of ether oxygens (including phenoxy) is 1. The Balaban J connectivity index is 1.48. The van der Waals surface area contributed by atoms with Crippen LogP contribution in [0.3, 0.4) is 0 Å². The molecule has 1 saturated heterocycles. The number of carbonyl (C=O) groups excluding carboxylic acids is 2. The van der Waals surface area contributed by atoms with Gasteiger partial charge in [-0.2, -0.15) is 0 Å². The van der Waals surface area contributed by atoms with Crippen molar-refractivity contribution in [3.05, 3.63) is 59.9 Å². The van der Waals surface area contributed by atoms with Crippen LogP contribution in [0.2, 0.25) is 0 Å². The molecule has 2 aliphatic heterocycles. The number of amides is 2. The van der Waals surface area contributed by atoms with Gasteiger partial charge in [-0.25, -0.2) is 0 Å². The summed E-state index contributed by atoms with van der Waals surface area (Å²) in [6.07, 6.45) is 4.40. The first-order valence-electron chi connectivity index (χ1n) is 10.7. The molecule has 6 nitrogen and oxygen atoms in total. The van der Waals surface area contributed by atoms with E-state index in [1.807, 2.05) is 49.1 Å². The van der Waals surface area contributed by atoms with Crippen molar-refractivity contribution < 1.29 is 14.3 Å². The molecule has 1 atom stereocenters.